The molecule has 5 nitrogen and oxygen atoms in total. The van der Waals surface area contributed by atoms with E-state index in [0.717, 1.165) is 34.5 Å². The lowest BCUT2D eigenvalue weighted by molar-refractivity contribution is -0.139. The summed E-state index contributed by atoms with van der Waals surface area (Å²) >= 11 is 0. The molecule has 2 unspecified atom stereocenters. The van der Waals surface area contributed by atoms with Gasteiger partial charge in [0, 0.05) is 48.1 Å². The number of rotatable bonds is 6. The third-order valence-electron chi connectivity index (χ3n) is 6.82. The van der Waals surface area contributed by atoms with Crippen LogP contribution in [-0.4, -0.2) is 23.3 Å². The predicted molar refractivity (Wildman–Crippen MR) is 134 cm³/mol. The van der Waals surface area contributed by atoms with Crippen LogP contribution in [0, 0.1) is 0 Å². The van der Waals surface area contributed by atoms with E-state index in [4.69, 9.17) is 4.74 Å². The molecule has 2 aromatic carbocycles. The minimum absolute atomic E-state index is 0.0662. The van der Waals surface area contributed by atoms with Crippen molar-refractivity contribution in [2.75, 3.05) is 6.61 Å². The van der Waals surface area contributed by atoms with Crippen molar-refractivity contribution in [2.24, 2.45) is 0 Å². The summed E-state index contributed by atoms with van der Waals surface area (Å²) in [6, 6.07) is 23.8. The lowest BCUT2D eigenvalue weighted by atomic mass is 9.72. The van der Waals surface area contributed by atoms with E-state index >= 15 is 0 Å². The van der Waals surface area contributed by atoms with Crippen molar-refractivity contribution in [1.82, 2.24) is 10.3 Å². The number of aromatic nitrogens is 1. The maximum absolute atomic E-state index is 13.6. The highest BCUT2D eigenvalue weighted by Gasteiger charge is 2.41. The van der Waals surface area contributed by atoms with Gasteiger partial charge >= 0.3 is 5.97 Å². The molecule has 0 radical (unpaired) electrons. The Balaban J connectivity index is 1.44. The first kappa shape index (κ1) is 22.8. The molecule has 3 aromatic rings. The number of carbonyl (C=O) groups excluding carboxylic acids is 2. The van der Waals surface area contributed by atoms with Gasteiger partial charge in [-0.3, -0.25) is 9.78 Å². The molecular weight excluding hydrogens is 436 g/mol. The second kappa shape index (κ2) is 10.1. The van der Waals surface area contributed by atoms with Crippen LogP contribution in [0.25, 0.3) is 0 Å². The average molecular weight is 465 g/mol. The van der Waals surface area contributed by atoms with Crippen LogP contribution in [0.2, 0.25) is 0 Å². The maximum Gasteiger partial charge on any atom is 0.336 e. The topological polar surface area (TPSA) is 68.3 Å². The van der Waals surface area contributed by atoms with Crippen LogP contribution in [0.4, 0.5) is 0 Å². The van der Waals surface area contributed by atoms with Crippen molar-refractivity contribution >= 4 is 11.8 Å². The number of hydrogen-bond acceptors (Lipinski definition) is 5. The van der Waals surface area contributed by atoms with Gasteiger partial charge in [0.1, 0.15) is 0 Å². The van der Waals surface area contributed by atoms with Gasteiger partial charge in [-0.2, -0.15) is 0 Å². The quantitative estimate of drug-likeness (QED) is 0.506. The number of allylic oxidation sites excluding steroid dienone is 3. The summed E-state index contributed by atoms with van der Waals surface area (Å²) in [6.07, 6.45) is 5.18. The molecule has 0 saturated carbocycles. The second-order valence-corrected chi connectivity index (χ2v) is 9.08. The van der Waals surface area contributed by atoms with Crippen LogP contribution in [0.3, 0.4) is 0 Å². The third kappa shape index (κ3) is 4.80. The van der Waals surface area contributed by atoms with Gasteiger partial charge in [0.25, 0.3) is 0 Å². The highest BCUT2D eigenvalue weighted by Crippen LogP contribution is 2.45. The number of carbonyl (C=O) groups is 2. The van der Waals surface area contributed by atoms with Gasteiger partial charge in [-0.05, 0) is 48.1 Å². The number of benzene rings is 2. The molecule has 2 aliphatic rings. The highest BCUT2D eigenvalue weighted by atomic mass is 16.5. The summed E-state index contributed by atoms with van der Waals surface area (Å²) in [6.45, 7) is 2.17. The van der Waals surface area contributed by atoms with Crippen molar-refractivity contribution in [2.45, 2.75) is 38.0 Å². The molecule has 1 aromatic heterocycles. The largest absolute Gasteiger partial charge is 0.462 e. The fraction of sp³-hybridized carbons (Fsp3) is 0.233. The first-order valence-corrected chi connectivity index (χ1v) is 12.0. The number of nitrogens with one attached hydrogen (secondary N) is 1. The number of ether oxygens (including phenoxy) is 1. The number of pyridine rings is 1. The van der Waals surface area contributed by atoms with Gasteiger partial charge in [0.2, 0.25) is 0 Å². The predicted octanol–water partition coefficient (Wildman–Crippen LogP) is 5.23. The fourth-order valence-corrected chi connectivity index (χ4v) is 5.14. The monoisotopic (exact) mass is 464 g/mol. The standard InChI is InChI=1S/C30H28N2O3/c1-20-27(30(34)35-17-14-21-8-4-2-5-9-21)28(23-12-15-31-16-13-23)29-25(32-20)18-24(19-26(29)33)22-10-6-3-7-11-22/h2-13,15-16,24,28,32H,14,17-19H2,1H3. The molecule has 0 amide bonds. The first-order valence-electron chi connectivity index (χ1n) is 12.0. The van der Waals surface area contributed by atoms with E-state index in [0.29, 0.717) is 24.0 Å². The Morgan fingerprint density at radius 1 is 0.943 bits per heavy atom. The Kier molecular flexibility index (Phi) is 6.57. The van der Waals surface area contributed by atoms with Gasteiger partial charge in [-0.1, -0.05) is 60.7 Å². The maximum atomic E-state index is 13.6. The van der Waals surface area contributed by atoms with Gasteiger partial charge in [0.05, 0.1) is 12.2 Å². The molecule has 2 heterocycles. The number of esters is 1. The zero-order valence-corrected chi connectivity index (χ0v) is 19.7. The van der Waals surface area contributed by atoms with E-state index in [1.54, 1.807) is 12.4 Å². The SMILES string of the molecule is CC1=C(C(=O)OCCc2ccccc2)C(c2ccncc2)C2=C(CC(c3ccccc3)CC2=O)N1. The zero-order chi connectivity index (χ0) is 24.2. The van der Waals surface area contributed by atoms with Gasteiger partial charge < -0.3 is 10.1 Å². The summed E-state index contributed by atoms with van der Waals surface area (Å²) in [7, 11) is 0. The summed E-state index contributed by atoms with van der Waals surface area (Å²) < 4.78 is 5.73. The molecule has 0 spiro atoms. The number of ketones is 1. The van der Waals surface area contributed by atoms with Crippen molar-refractivity contribution in [3.8, 4) is 0 Å². The van der Waals surface area contributed by atoms with Crippen LogP contribution < -0.4 is 5.32 Å². The molecule has 0 bridgehead atoms. The molecule has 1 aliphatic heterocycles. The van der Waals surface area contributed by atoms with Gasteiger partial charge in [-0.25, -0.2) is 4.79 Å². The lowest BCUT2D eigenvalue weighted by Gasteiger charge is -2.36. The van der Waals surface area contributed by atoms with E-state index in [2.05, 4.69) is 22.4 Å². The normalized spacial score (nSPS) is 19.7. The second-order valence-electron chi connectivity index (χ2n) is 9.08. The first-order chi connectivity index (χ1) is 17.1. The van der Waals surface area contributed by atoms with Crippen LogP contribution in [-0.2, 0) is 20.7 Å². The average Bonchev–Trinajstić information content (AvgIpc) is 2.89. The smallest absolute Gasteiger partial charge is 0.336 e. The molecule has 176 valence electrons. The Morgan fingerprint density at radius 3 is 2.34 bits per heavy atom. The number of Topliss-reactive ketones (excluding diaryl/α,β-unsaturated/α-hetero) is 1. The van der Waals surface area contributed by atoms with E-state index < -0.39 is 11.9 Å². The van der Waals surface area contributed by atoms with Crippen molar-refractivity contribution in [1.29, 1.82) is 0 Å². The Hall–Kier alpha value is -3.99. The number of dihydropyridines is 1. The van der Waals surface area contributed by atoms with E-state index in [9.17, 15) is 9.59 Å². The van der Waals surface area contributed by atoms with E-state index in [1.807, 2.05) is 67.6 Å². The Morgan fingerprint density at radius 2 is 1.63 bits per heavy atom. The third-order valence-corrected chi connectivity index (χ3v) is 6.82. The van der Waals surface area contributed by atoms with E-state index in [1.165, 1.54) is 0 Å². The molecule has 35 heavy (non-hydrogen) atoms. The highest BCUT2D eigenvalue weighted by molar-refractivity contribution is 6.04. The number of nitrogens with zero attached hydrogens (tertiary/aromatic N) is 1. The summed E-state index contributed by atoms with van der Waals surface area (Å²) in [4.78, 5) is 31.1. The zero-order valence-electron chi connectivity index (χ0n) is 19.7. The van der Waals surface area contributed by atoms with Crippen LogP contribution in [0.15, 0.2) is 108 Å². The van der Waals surface area contributed by atoms with Crippen LogP contribution >= 0.6 is 0 Å². The van der Waals surface area contributed by atoms with Crippen molar-refractivity contribution < 1.29 is 14.3 Å². The Labute approximate surface area is 205 Å². The Bertz CT molecular complexity index is 1280. The lowest BCUT2D eigenvalue weighted by Crippen LogP contribution is -2.36. The summed E-state index contributed by atoms with van der Waals surface area (Å²) in [5.74, 6) is -0.684. The van der Waals surface area contributed by atoms with Crippen molar-refractivity contribution in [3.05, 3.63) is 124 Å². The molecule has 1 N–H and O–H groups in total. The molecular formula is C30H28N2O3. The molecule has 5 heteroatoms. The summed E-state index contributed by atoms with van der Waals surface area (Å²) in [5.41, 5.74) is 5.93. The molecule has 0 saturated heterocycles. The summed E-state index contributed by atoms with van der Waals surface area (Å²) in [5, 5.41) is 3.41. The van der Waals surface area contributed by atoms with Crippen LogP contribution in [0.5, 0.6) is 0 Å². The molecule has 0 fully saturated rings. The van der Waals surface area contributed by atoms with Gasteiger partial charge in [-0.15, -0.1) is 0 Å². The molecule has 2 atom stereocenters. The van der Waals surface area contributed by atoms with E-state index in [-0.39, 0.29) is 18.3 Å². The minimum Gasteiger partial charge on any atom is -0.462 e. The van der Waals surface area contributed by atoms with Crippen LogP contribution in [0.1, 0.15) is 48.3 Å². The number of hydrogen-bond donors (Lipinski definition) is 1. The molecule has 1 aliphatic carbocycles. The van der Waals surface area contributed by atoms with Gasteiger partial charge in [0.15, 0.2) is 5.78 Å². The van der Waals surface area contributed by atoms with Crippen molar-refractivity contribution in [3.63, 3.8) is 0 Å². The fourth-order valence-electron chi connectivity index (χ4n) is 5.14. The minimum atomic E-state index is -0.470. The molecule has 5 rings (SSSR count).